The average molecular weight is 250 g/mol. The van der Waals surface area contributed by atoms with Gasteiger partial charge in [0.25, 0.3) is 0 Å². The second kappa shape index (κ2) is 6.99. The number of nitrogens with zero attached hydrogens (tertiary/aromatic N) is 2. The number of carboxylic acid groups (broad SMARTS) is 1. The molecule has 1 rings (SSSR count). The number of anilines is 1. The van der Waals surface area contributed by atoms with Gasteiger partial charge in [0.2, 0.25) is 0 Å². The predicted octanol–water partition coefficient (Wildman–Crippen LogP) is 3.18. The highest BCUT2D eigenvalue weighted by atomic mass is 16.4. The van der Waals surface area contributed by atoms with Crippen molar-refractivity contribution in [1.82, 2.24) is 4.98 Å². The van der Waals surface area contributed by atoms with Gasteiger partial charge in [-0.05, 0) is 32.4 Å². The summed E-state index contributed by atoms with van der Waals surface area (Å²) in [6.45, 7) is 7.39. The van der Waals surface area contributed by atoms with E-state index in [0.717, 1.165) is 18.8 Å². The number of aromatic carboxylic acids is 1. The number of aromatic nitrogens is 1. The molecule has 1 aromatic heterocycles. The average Bonchev–Trinajstić information content (AvgIpc) is 2.34. The summed E-state index contributed by atoms with van der Waals surface area (Å²) < 4.78 is 0. The van der Waals surface area contributed by atoms with E-state index in [1.54, 1.807) is 12.1 Å². The molecule has 0 fully saturated rings. The predicted molar refractivity (Wildman–Crippen MR) is 73.2 cm³/mol. The van der Waals surface area contributed by atoms with E-state index >= 15 is 0 Å². The summed E-state index contributed by atoms with van der Waals surface area (Å²) in [6, 6.07) is 3.76. The molecule has 0 aliphatic rings. The maximum Gasteiger partial charge on any atom is 0.337 e. The van der Waals surface area contributed by atoms with Crippen LogP contribution in [0.3, 0.4) is 0 Å². The summed E-state index contributed by atoms with van der Waals surface area (Å²) in [6.07, 6.45) is 4.96. The lowest BCUT2D eigenvalue weighted by molar-refractivity contribution is 0.0696. The molecule has 0 bridgehead atoms. The van der Waals surface area contributed by atoms with Crippen molar-refractivity contribution < 1.29 is 9.90 Å². The van der Waals surface area contributed by atoms with E-state index in [9.17, 15) is 4.79 Å². The Morgan fingerprint density at radius 1 is 1.39 bits per heavy atom. The Morgan fingerprint density at radius 2 is 2.11 bits per heavy atom. The third-order valence-corrected chi connectivity index (χ3v) is 2.92. The largest absolute Gasteiger partial charge is 0.478 e. The summed E-state index contributed by atoms with van der Waals surface area (Å²) in [5, 5.41) is 8.84. The zero-order valence-corrected chi connectivity index (χ0v) is 11.4. The Labute approximate surface area is 109 Å². The molecule has 1 heterocycles. The first-order chi connectivity index (χ1) is 8.56. The second-order valence-corrected chi connectivity index (χ2v) is 4.70. The zero-order chi connectivity index (χ0) is 13.5. The molecule has 100 valence electrons. The van der Waals surface area contributed by atoms with Gasteiger partial charge >= 0.3 is 5.97 Å². The fourth-order valence-electron chi connectivity index (χ4n) is 1.85. The molecule has 0 aliphatic carbocycles. The lowest BCUT2D eigenvalue weighted by atomic mass is 10.2. The number of carboxylic acids is 1. The van der Waals surface area contributed by atoms with Crippen molar-refractivity contribution in [2.45, 2.75) is 46.1 Å². The number of unbranched alkanes of at least 4 members (excludes halogenated alkanes) is 2. The lowest BCUT2D eigenvalue weighted by Crippen LogP contribution is -2.32. The molecule has 18 heavy (non-hydrogen) atoms. The number of hydrogen-bond acceptors (Lipinski definition) is 3. The number of pyridine rings is 1. The summed E-state index contributed by atoms with van der Waals surface area (Å²) >= 11 is 0. The van der Waals surface area contributed by atoms with Gasteiger partial charge in [0.15, 0.2) is 0 Å². The molecule has 1 aromatic rings. The third kappa shape index (κ3) is 4.02. The first-order valence-electron chi connectivity index (χ1n) is 6.52. The van der Waals surface area contributed by atoms with Crippen LogP contribution in [0.1, 0.15) is 50.4 Å². The molecule has 0 aromatic carbocycles. The van der Waals surface area contributed by atoms with Crippen LogP contribution < -0.4 is 4.90 Å². The van der Waals surface area contributed by atoms with E-state index in [0.29, 0.717) is 6.04 Å². The van der Waals surface area contributed by atoms with Gasteiger partial charge in [-0.15, -0.1) is 0 Å². The molecule has 0 amide bonds. The highest BCUT2D eigenvalue weighted by molar-refractivity contribution is 5.87. The SMILES string of the molecule is CCCCCN(c1ccc(C(=O)O)cn1)C(C)C. The van der Waals surface area contributed by atoms with Crippen LogP contribution in [-0.4, -0.2) is 28.6 Å². The van der Waals surface area contributed by atoms with Crippen LogP contribution in [0.5, 0.6) is 0 Å². The van der Waals surface area contributed by atoms with Crippen LogP contribution in [0.25, 0.3) is 0 Å². The van der Waals surface area contributed by atoms with E-state index in [4.69, 9.17) is 5.11 Å². The van der Waals surface area contributed by atoms with Crippen molar-refractivity contribution in [3.05, 3.63) is 23.9 Å². The molecular formula is C14H22N2O2. The molecule has 0 atom stereocenters. The Kier molecular flexibility index (Phi) is 5.62. The topological polar surface area (TPSA) is 53.4 Å². The molecule has 0 radical (unpaired) electrons. The van der Waals surface area contributed by atoms with Crippen LogP contribution in [0, 0.1) is 0 Å². The number of hydrogen-bond donors (Lipinski definition) is 1. The van der Waals surface area contributed by atoms with Crippen molar-refractivity contribution in [2.75, 3.05) is 11.4 Å². The van der Waals surface area contributed by atoms with Crippen molar-refractivity contribution in [3.8, 4) is 0 Å². The molecule has 0 aliphatic heterocycles. The smallest absolute Gasteiger partial charge is 0.337 e. The quantitative estimate of drug-likeness (QED) is 0.755. The minimum absolute atomic E-state index is 0.232. The van der Waals surface area contributed by atoms with Crippen LogP contribution in [0.4, 0.5) is 5.82 Å². The zero-order valence-electron chi connectivity index (χ0n) is 11.4. The molecule has 0 spiro atoms. The van der Waals surface area contributed by atoms with Gasteiger partial charge in [-0.1, -0.05) is 19.8 Å². The van der Waals surface area contributed by atoms with Crippen molar-refractivity contribution in [3.63, 3.8) is 0 Å². The first-order valence-corrected chi connectivity index (χ1v) is 6.52. The van der Waals surface area contributed by atoms with Crippen LogP contribution in [0.15, 0.2) is 18.3 Å². The third-order valence-electron chi connectivity index (χ3n) is 2.92. The Morgan fingerprint density at radius 3 is 2.56 bits per heavy atom. The summed E-state index contributed by atoms with van der Waals surface area (Å²) in [5.74, 6) is -0.0813. The number of carbonyl (C=O) groups is 1. The highest BCUT2D eigenvalue weighted by Crippen LogP contribution is 2.15. The molecule has 0 saturated heterocycles. The fourth-order valence-corrected chi connectivity index (χ4v) is 1.85. The second-order valence-electron chi connectivity index (χ2n) is 4.70. The molecule has 4 nitrogen and oxygen atoms in total. The number of rotatable bonds is 7. The van der Waals surface area contributed by atoms with Crippen molar-refractivity contribution >= 4 is 11.8 Å². The normalized spacial score (nSPS) is 10.7. The summed E-state index contributed by atoms with van der Waals surface area (Å²) in [4.78, 5) is 17.2. The van der Waals surface area contributed by atoms with Gasteiger partial charge in [0.05, 0.1) is 5.56 Å². The summed E-state index contributed by atoms with van der Waals surface area (Å²) in [7, 11) is 0. The highest BCUT2D eigenvalue weighted by Gasteiger charge is 2.12. The van der Waals surface area contributed by atoms with Gasteiger partial charge in [0.1, 0.15) is 5.82 Å². The van der Waals surface area contributed by atoms with Crippen molar-refractivity contribution in [1.29, 1.82) is 0 Å². The first kappa shape index (κ1) is 14.5. The summed E-state index contributed by atoms with van der Waals surface area (Å²) in [5.41, 5.74) is 0.232. The molecule has 1 N–H and O–H groups in total. The minimum atomic E-state index is -0.934. The van der Waals surface area contributed by atoms with E-state index < -0.39 is 5.97 Å². The maximum atomic E-state index is 10.8. The van der Waals surface area contributed by atoms with Gasteiger partial charge in [-0.3, -0.25) is 0 Å². The monoisotopic (exact) mass is 250 g/mol. The van der Waals surface area contributed by atoms with Crippen molar-refractivity contribution in [2.24, 2.45) is 0 Å². The Bertz CT molecular complexity index is 374. The van der Waals surface area contributed by atoms with Crippen LogP contribution in [0.2, 0.25) is 0 Å². The molecule has 4 heteroatoms. The van der Waals surface area contributed by atoms with E-state index in [-0.39, 0.29) is 5.56 Å². The maximum absolute atomic E-state index is 10.8. The molecule has 0 unspecified atom stereocenters. The Balaban J connectivity index is 2.75. The van der Waals surface area contributed by atoms with Crippen LogP contribution >= 0.6 is 0 Å². The van der Waals surface area contributed by atoms with E-state index in [2.05, 4.69) is 30.7 Å². The standard InChI is InChI=1S/C14H22N2O2/c1-4-5-6-9-16(11(2)3)13-8-7-12(10-15-13)14(17)18/h7-8,10-11H,4-6,9H2,1-3H3,(H,17,18). The molecular weight excluding hydrogens is 228 g/mol. The minimum Gasteiger partial charge on any atom is -0.478 e. The van der Waals surface area contributed by atoms with Gasteiger partial charge in [-0.25, -0.2) is 9.78 Å². The fraction of sp³-hybridized carbons (Fsp3) is 0.571. The van der Waals surface area contributed by atoms with E-state index in [1.165, 1.54) is 19.0 Å². The van der Waals surface area contributed by atoms with Gasteiger partial charge in [-0.2, -0.15) is 0 Å². The van der Waals surface area contributed by atoms with Gasteiger partial charge < -0.3 is 10.0 Å². The van der Waals surface area contributed by atoms with Crippen LogP contribution in [-0.2, 0) is 0 Å². The van der Waals surface area contributed by atoms with E-state index in [1.807, 2.05) is 0 Å². The Hall–Kier alpha value is -1.58. The molecule has 0 saturated carbocycles. The van der Waals surface area contributed by atoms with Gasteiger partial charge in [0, 0.05) is 18.8 Å². The lowest BCUT2D eigenvalue weighted by Gasteiger charge is -2.27.